The Bertz CT molecular complexity index is 417. The minimum absolute atomic E-state index is 0.168. The summed E-state index contributed by atoms with van der Waals surface area (Å²) in [6.45, 7) is 5.60. The molecule has 0 aliphatic heterocycles. The van der Waals surface area contributed by atoms with E-state index in [2.05, 4.69) is 10.1 Å². The lowest BCUT2D eigenvalue weighted by molar-refractivity contribution is -0.274. The second kappa shape index (κ2) is 5.79. The van der Waals surface area contributed by atoms with Gasteiger partial charge < -0.3 is 15.2 Å². The first kappa shape index (κ1) is 15.8. The van der Waals surface area contributed by atoms with Crippen molar-refractivity contribution in [2.24, 2.45) is 0 Å². The molecule has 1 atom stereocenters. The van der Waals surface area contributed by atoms with Crippen molar-refractivity contribution >= 4 is 0 Å². The van der Waals surface area contributed by atoms with Crippen LogP contribution in [0, 0.1) is 0 Å². The minimum Gasteiger partial charge on any atom is -0.406 e. The molecule has 6 heteroatoms. The highest BCUT2D eigenvalue weighted by Gasteiger charge is 2.32. The Balaban J connectivity index is 2.85. The fourth-order valence-electron chi connectivity index (χ4n) is 1.53. The average Bonchev–Trinajstić information content (AvgIpc) is 2.24. The van der Waals surface area contributed by atoms with Crippen molar-refractivity contribution in [3.63, 3.8) is 0 Å². The quantitative estimate of drug-likeness (QED) is 0.869. The van der Waals surface area contributed by atoms with Crippen LogP contribution >= 0.6 is 0 Å². The lowest BCUT2D eigenvalue weighted by atomic mass is 9.95. The summed E-state index contributed by atoms with van der Waals surface area (Å²) in [6.07, 6.45) is -4.74. The van der Waals surface area contributed by atoms with Crippen molar-refractivity contribution in [3.8, 4) is 5.75 Å². The molecule has 1 aromatic carbocycles. The van der Waals surface area contributed by atoms with Crippen LogP contribution in [0.1, 0.15) is 26.3 Å². The van der Waals surface area contributed by atoms with Crippen molar-refractivity contribution in [2.45, 2.75) is 38.8 Å². The topological polar surface area (TPSA) is 41.5 Å². The smallest absolute Gasteiger partial charge is 0.406 e. The highest BCUT2D eigenvalue weighted by Crippen LogP contribution is 2.27. The van der Waals surface area contributed by atoms with Gasteiger partial charge in [0.05, 0.1) is 5.60 Å². The van der Waals surface area contributed by atoms with E-state index < -0.39 is 12.0 Å². The number of hydrogen-bond donors (Lipinski definition) is 2. The summed E-state index contributed by atoms with van der Waals surface area (Å²) in [5.74, 6) is -0.338. The van der Waals surface area contributed by atoms with Crippen molar-refractivity contribution in [1.29, 1.82) is 0 Å². The van der Waals surface area contributed by atoms with Crippen LogP contribution in [0.4, 0.5) is 13.2 Å². The number of halogens is 3. The fraction of sp³-hybridized carbons (Fsp3) is 0.538. The number of rotatable bonds is 5. The first-order valence-corrected chi connectivity index (χ1v) is 5.92. The van der Waals surface area contributed by atoms with Crippen molar-refractivity contribution in [3.05, 3.63) is 29.8 Å². The second-order valence-corrected chi connectivity index (χ2v) is 4.89. The molecule has 2 N–H and O–H groups in total. The molecule has 1 aromatic rings. The Morgan fingerprint density at radius 3 is 2.47 bits per heavy atom. The van der Waals surface area contributed by atoms with E-state index in [0.29, 0.717) is 5.56 Å². The van der Waals surface area contributed by atoms with E-state index in [4.69, 9.17) is 0 Å². The minimum atomic E-state index is -4.74. The maximum atomic E-state index is 12.1. The molecule has 1 unspecified atom stereocenters. The molecule has 3 nitrogen and oxygen atoms in total. The summed E-state index contributed by atoms with van der Waals surface area (Å²) >= 11 is 0. The lowest BCUT2D eigenvalue weighted by Gasteiger charge is -2.26. The molecule has 0 saturated heterocycles. The van der Waals surface area contributed by atoms with Gasteiger partial charge in [0, 0.05) is 12.6 Å². The summed E-state index contributed by atoms with van der Waals surface area (Å²) < 4.78 is 40.2. The number of nitrogens with one attached hydrogen (secondary N) is 1. The molecule has 0 radical (unpaired) electrons. The Morgan fingerprint density at radius 1 is 1.32 bits per heavy atom. The average molecular weight is 277 g/mol. The zero-order valence-corrected chi connectivity index (χ0v) is 11.1. The monoisotopic (exact) mass is 277 g/mol. The molecule has 0 aromatic heterocycles. The van der Waals surface area contributed by atoms with Gasteiger partial charge in [-0.25, -0.2) is 0 Å². The van der Waals surface area contributed by atoms with Gasteiger partial charge >= 0.3 is 6.36 Å². The second-order valence-electron chi connectivity index (χ2n) is 4.89. The summed E-state index contributed by atoms with van der Waals surface area (Å²) in [5, 5.41) is 13.3. The molecule has 108 valence electrons. The molecule has 0 fully saturated rings. The van der Waals surface area contributed by atoms with E-state index in [1.165, 1.54) is 25.1 Å². The molecule has 0 saturated carbocycles. The summed E-state index contributed by atoms with van der Waals surface area (Å²) in [6, 6.07) is 5.53. The summed E-state index contributed by atoms with van der Waals surface area (Å²) in [5.41, 5.74) is -0.905. The van der Waals surface area contributed by atoms with E-state index >= 15 is 0 Å². The van der Waals surface area contributed by atoms with Gasteiger partial charge in [-0.15, -0.1) is 13.2 Å². The third kappa shape index (κ3) is 5.48. The van der Waals surface area contributed by atoms with E-state index in [-0.39, 0.29) is 18.3 Å². The molecular weight excluding hydrogens is 259 g/mol. The maximum Gasteiger partial charge on any atom is 0.573 e. The van der Waals surface area contributed by atoms with Gasteiger partial charge in [0.2, 0.25) is 0 Å². The van der Waals surface area contributed by atoms with Crippen molar-refractivity contribution in [1.82, 2.24) is 5.32 Å². The van der Waals surface area contributed by atoms with E-state index in [0.717, 1.165) is 0 Å². The number of benzene rings is 1. The zero-order chi connectivity index (χ0) is 14.7. The van der Waals surface area contributed by atoms with E-state index in [9.17, 15) is 18.3 Å². The first-order chi connectivity index (χ1) is 8.60. The first-order valence-electron chi connectivity index (χ1n) is 5.92. The largest absolute Gasteiger partial charge is 0.573 e. The number of ether oxygens (including phenoxy) is 1. The van der Waals surface area contributed by atoms with Gasteiger partial charge in [-0.1, -0.05) is 26.0 Å². The van der Waals surface area contributed by atoms with Crippen molar-refractivity contribution < 1.29 is 23.0 Å². The molecule has 0 aliphatic rings. The van der Waals surface area contributed by atoms with Crippen LogP contribution in [0.25, 0.3) is 0 Å². The Hall–Kier alpha value is -1.27. The highest BCUT2D eigenvalue weighted by atomic mass is 19.4. The van der Waals surface area contributed by atoms with Crippen LogP contribution in [0.3, 0.4) is 0 Å². The van der Waals surface area contributed by atoms with E-state index in [1.54, 1.807) is 6.07 Å². The van der Waals surface area contributed by atoms with Crippen LogP contribution in [0.2, 0.25) is 0 Å². The van der Waals surface area contributed by atoms with Gasteiger partial charge in [-0.2, -0.15) is 0 Å². The predicted octanol–water partition coefficient (Wildman–Crippen LogP) is 2.79. The maximum absolute atomic E-state index is 12.1. The Kier molecular flexibility index (Phi) is 4.81. The highest BCUT2D eigenvalue weighted by molar-refractivity contribution is 5.32. The van der Waals surface area contributed by atoms with Crippen LogP contribution < -0.4 is 10.1 Å². The standard InChI is InChI=1S/C13H18F3NO2/c1-9(2)17-8-12(3,18)10-5-4-6-11(7-10)19-13(14,15)16/h4-7,9,17-18H,8H2,1-3H3. The molecule has 0 aliphatic carbocycles. The summed E-state index contributed by atoms with van der Waals surface area (Å²) in [4.78, 5) is 0. The number of aliphatic hydroxyl groups is 1. The molecule has 0 spiro atoms. The SMILES string of the molecule is CC(C)NCC(C)(O)c1cccc(OC(F)(F)F)c1. The third-order valence-electron chi connectivity index (χ3n) is 2.54. The van der Waals surface area contributed by atoms with Crippen LogP contribution in [0.15, 0.2) is 24.3 Å². The summed E-state index contributed by atoms with van der Waals surface area (Å²) in [7, 11) is 0. The molecule has 19 heavy (non-hydrogen) atoms. The molecule has 0 bridgehead atoms. The predicted molar refractivity (Wildman–Crippen MR) is 65.8 cm³/mol. The van der Waals surface area contributed by atoms with Gasteiger partial charge in [0.25, 0.3) is 0 Å². The van der Waals surface area contributed by atoms with Gasteiger partial charge in [-0.3, -0.25) is 0 Å². The molecule has 0 heterocycles. The number of hydrogen-bond acceptors (Lipinski definition) is 3. The van der Waals surface area contributed by atoms with Crippen LogP contribution in [0.5, 0.6) is 5.75 Å². The van der Waals surface area contributed by atoms with Gasteiger partial charge in [-0.05, 0) is 24.6 Å². The number of alkyl halides is 3. The Labute approximate surface area is 110 Å². The molecule has 0 amide bonds. The third-order valence-corrected chi connectivity index (χ3v) is 2.54. The van der Waals surface area contributed by atoms with Crippen LogP contribution in [-0.2, 0) is 5.60 Å². The fourth-order valence-corrected chi connectivity index (χ4v) is 1.53. The van der Waals surface area contributed by atoms with Gasteiger partial charge in [0.15, 0.2) is 0 Å². The Morgan fingerprint density at radius 2 is 1.95 bits per heavy atom. The van der Waals surface area contributed by atoms with Gasteiger partial charge in [0.1, 0.15) is 5.75 Å². The molecular formula is C13H18F3NO2. The van der Waals surface area contributed by atoms with E-state index in [1.807, 2.05) is 13.8 Å². The van der Waals surface area contributed by atoms with Crippen molar-refractivity contribution in [2.75, 3.05) is 6.54 Å². The zero-order valence-electron chi connectivity index (χ0n) is 11.1. The normalized spacial score (nSPS) is 15.4. The molecule has 1 rings (SSSR count). The lowest BCUT2D eigenvalue weighted by Crippen LogP contribution is -2.38. The van der Waals surface area contributed by atoms with Crippen LogP contribution in [-0.4, -0.2) is 24.1 Å².